The molecule has 0 amide bonds. The van der Waals surface area contributed by atoms with Crippen molar-refractivity contribution in [2.75, 3.05) is 4.90 Å². The van der Waals surface area contributed by atoms with E-state index in [9.17, 15) is 0 Å². The normalized spacial score (nSPS) is 11.8. The summed E-state index contributed by atoms with van der Waals surface area (Å²) in [7, 11) is 0. The Kier molecular flexibility index (Phi) is 7.70. The highest BCUT2D eigenvalue weighted by Crippen LogP contribution is 2.48. The lowest BCUT2D eigenvalue weighted by Gasteiger charge is -2.29. The summed E-state index contributed by atoms with van der Waals surface area (Å²) in [6, 6.07) is 73.2. The lowest BCUT2D eigenvalue weighted by molar-refractivity contribution is 0.670. The van der Waals surface area contributed by atoms with E-state index in [1.807, 2.05) is 6.07 Å². The third kappa shape index (κ3) is 5.21. The maximum absolute atomic E-state index is 6.63. The van der Waals surface area contributed by atoms with E-state index in [-0.39, 0.29) is 0 Å². The second-order valence-electron chi connectivity index (χ2n) is 16.1. The summed E-state index contributed by atoms with van der Waals surface area (Å²) in [5.74, 6) is 0. The van der Waals surface area contributed by atoms with Crippen LogP contribution in [0.25, 0.3) is 98.1 Å². The van der Waals surface area contributed by atoms with Crippen molar-refractivity contribution in [3.05, 3.63) is 211 Å². The smallest absolute Gasteiger partial charge is 0.143 e. The summed E-state index contributed by atoms with van der Waals surface area (Å²) in [5, 5.41) is 14.5. The zero-order valence-electron chi connectivity index (χ0n) is 33.4. The van der Waals surface area contributed by atoms with Gasteiger partial charge in [0.1, 0.15) is 11.2 Å². The van der Waals surface area contributed by atoms with Gasteiger partial charge in [0.05, 0.1) is 11.4 Å². The molecule has 0 bridgehead atoms. The molecule has 0 saturated carbocycles. The fraction of sp³-hybridized carbons (Fsp3) is 0.0345. The molecule has 0 saturated heterocycles. The minimum Gasteiger partial charge on any atom is -0.455 e. The first kappa shape index (κ1) is 34.4. The molecule has 0 aliphatic heterocycles. The van der Waals surface area contributed by atoms with Crippen molar-refractivity contribution in [1.82, 2.24) is 0 Å². The summed E-state index contributed by atoms with van der Waals surface area (Å²) < 4.78 is 6.63. The zero-order chi connectivity index (χ0) is 39.9. The standard InChI is InChI=1S/C58H39NO/c1-36-26-32-53(44-16-5-3-14-42(36)44)59(54-33-27-37(2)43-15-4-6-17-45(43)54)41-31-30-38-34-40(29-28-39(38)35-41)56-47-19-7-9-21-49(47)57(50-22-10-8-20-48(50)56)52-24-13-23-51-46-18-11-12-25-55(46)60-58(51)52/h3-35H,1-2H3. The molecule has 12 aromatic rings. The summed E-state index contributed by atoms with van der Waals surface area (Å²) in [6.07, 6.45) is 0. The van der Waals surface area contributed by atoms with E-state index < -0.39 is 0 Å². The topological polar surface area (TPSA) is 16.4 Å². The van der Waals surface area contributed by atoms with E-state index in [1.165, 1.54) is 81.7 Å². The molecule has 0 radical (unpaired) electrons. The van der Waals surface area contributed by atoms with Crippen LogP contribution in [-0.4, -0.2) is 0 Å². The van der Waals surface area contributed by atoms with Crippen LogP contribution in [0.4, 0.5) is 17.1 Å². The van der Waals surface area contributed by atoms with E-state index in [2.05, 4.69) is 213 Å². The fourth-order valence-electron chi connectivity index (χ4n) is 9.87. The Balaban J connectivity index is 1.06. The van der Waals surface area contributed by atoms with Gasteiger partial charge in [0, 0.05) is 38.4 Å². The van der Waals surface area contributed by atoms with Crippen LogP contribution < -0.4 is 4.90 Å². The zero-order valence-corrected chi connectivity index (χ0v) is 33.4. The average molecular weight is 766 g/mol. The predicted molar refractivity (Wildman–Crippen MR) is 256 cm³/mol. The maximum Gasteiger partial charge on any atom is 0.143 e. The molecule has 12 rings (SSSR count). The molecule has 0 unspecified atom stereocenters. The molecule has 0 atom stereocenters. The Labute approximate surface area is 348 Å². The van der Waals surface area contributed by atoms with Gasteiger partial charge < -0.3 is 9.32 Å². The molecule has 1 heterocycles. The predicted octanol–water partition coefficient (Wildman–Crippen LogP) is 16.8. The molecular weight excluding hydrogens is 727 g/mol. The van der Waals surface area contributed by atoms with Crippen LogP contribution in [0.3, 0.4) is 0 Å². The Morgan fingerprint density at radius 2 is 0.833 bits per heavy atom. The molecule has 1 aromatic heterocycles. The minimum absolute atomic E-state index is 0.909. The molecule has 0 aliphatic rings. The molecule has 0 N–H and O–H groups in total. The first-order chi connectivity index (χ1) is 29.6. The Morgan fingerprint density at radius 1 is 0.350 bits per heavy atom. The maximum atomic E-state index is 6.63. The van der Waals surface area contributed by atoms with Crippen molar-refractivity contribution >= 4 is 92.9 Å². The number of nitrogens with zero attached hydrogens (tertiary/aromatic N) is 1. The van der Waals surface area contributed by atoms with E-state index in [4.69, 9.17) is 4.42 Å². The first-order valence-corrected chi connectivity index (χ1v) is 20.8. The van der Waals surface area contributed by atoms with Crippen LogP contribution in [0.1, 0.15) is 11.1 Å². The molecule has 2 heteroatoms. The average Bonchev–Trinajstić information content (AvgIpc) is 3.69. The summed E-state index contributed by atoms with van der Waals surface area (Å²) in [5.41, 5.74) is 12.6. The number of benzene rings is 11. The number of hydrogen-bond acceptors (Lipinski definition) is 2. The highest BCUT2D eigenvalue weighted by atomic mass is 16.3. The third-order valence-electron chi connectivity index (χ3n) is 12.7. The molecule has 11 aromatic carbocycles. The second kappa shape index (κ2) is 13.4. The third-order valence-corrected chi connectivity index (χ3v) is 12.7. The van der Waals surface area contributed by atoms with E-state index in [0.29, 0.717) is 0 Å². The van der Waals surface area contributed by atoms with Gasteiger partial charge in [-0.15, -0.1) is 0 Å². The van der Waals surface area contributed by atoms with Gasteiger partial charge in [-0.05, 0) is 116 Å². The Bertz CT molecular complexity index is 3560. The van der Waals surface area contributed by atoms with Crippen LogP contribution in [-0.2, 0) is 0 Å². The van der Waals surface area contributed by atoms with Crippen LogP contribution in [0.2, 0.25) is 0 Å². The molecule has 0 fully saturated rings. The molecule has 0 spiro atoms. The van der Waals surface area contributed by atoms with Gasteiger partial charge in [0.2, 0.25) is 0 Å². The van der Waals surface area contributed by atoms with Crippen LogP contribution >= 0.6 is 0 Å². The first-order valence-electron chi connectivity index (χ1n) is 20.8. The number of rotatable bonds is 5. The number of para-hydroxylation sites is 2. The lowest BCUT2D eigenvalue weighted by Crippen LogP contribution is -2.11. The Hall–Kier alpha value is -7.68. The van der Waals surface area contributed by atoms with Crippen LogP contribution in [0.15, 0.2) is 205 Å². The number of fused-ring (bicyclic) bond motifs is 8. The number of hydrogen-bond donors (Lipinski definition) is 0. The summed E-state index contributed by atoms with van der Waals surface area (Å²) in [4.78, 5) is 2.46. The fourth-order valence-corrected chi connectivity index (χ4v) is 9.87. The van der Waals surface area contributed by atoms with Gasteiger partial charge in [-0.1, -0.05) is 164 Å². The molecule has 0 aliphatic carbocycles. The SMILES string of the molecule is Cc1ccc(N(c2ccc3cc(-c4c5ccccc5c(-c5cccc6c5oc5ccccc56)c5ccccc45)ccc3c2)c2ccc(C)c3ccccc23)c2ccccc12. The van der Waals surface area contributed by atoms with Gasteiger partial charge in [-0.25, -0.2) is 0 Å². The summed E-state index contributed by atoms with van der Waals surface area (Å²) in [6.45, 7) is 4.40. The Morgan fingerprint density at radius 3 is 1.45 bits per heavy atom. The largest absolute Gasteiger partial charge is 0.455 e. The second-order valence-corrected chi connectivity index (χ2v) is 16.1. The summed E-state index contributed by atoms with van der Waals surface area (Å²) >= 11 is 0. The number of anilines is 3. The van der Waals surface area contributed by atoms with Gasteiger partial charge in [0.15, 0.2) is 0 Å². The van der Waals surface area contributed by atoms with Gasteiger partial charge in [0.25, 0.3) is 0 Å². The highest BCUT2D eigenvalue weighted by molar-refractivity contribution is 6.24. The quantitative estimate of drug-likeness (QED) is 0.162. The van der Waals surface area contributed by atoms with Gasteiger partial charge in [-0.2, -0.15) is 0 Å². The van der Waals surface area contributed by atoms with E-state index in [0.717, 1.165) is 44.6 Å². The van der Waals surface area contributed by atoms with Crippen LogP contribution in [0, 0.1) is 13.8 Å². The monoisotopic (exact) mass is 765 g/mol. The van der Waals surface area contributed by atoms with E-state index >= 15 is 0 Å². The van der Waals surface area contributed by atoms with Crippen molar-refractivity contribution in [2.45, 2.75) is 13.8 Å². The van der Waals surface area contributed by atoms with Crippen molar-refractivity contribution < 1.29 is 4.42 Å². The highest BCUT2D eigenvalue weighted by Gasteiger charge is 2.22. The molecular formula is C58H39NO. The molecule has 2 nitrogen and oxygen atoms in total. The van der Waals surface area contributed by atoms with E-state index in [1.54, 1.807) is 0 Å². The number of furan rings is 1. The van der Waals surface area contributed by atoms with Gasteiger partial charge in [-0.3, -0.25) is 0 Å². The minimum atomic E-state index is 0.909. The lowest BCUT2D eigenvalue weighted by atomic mass is 9.85. The molecule has 282 valence electrons. The van der Waals surface area contributed by atoms with Gasteiger partial charge >= 0.3 is 0 Å². The van der Waals surface area contributed by atoms with Crippen molar-refractivity contribution in [2.24, 2.45) is 0 Å². The van der Waals surface area contributed by atoms with Crippen LogP contribution in [0.5, 0.6) is 0 Å². The molecule has 60 heavy (non-hydrogen) atoms. The number of aryl methyl sites for hydroxylation is 2. The van der Waals surface area contributed by atoms with Crippen molar-refractivity contribution in [3.63, 3.8) is 0 Å². The van der Waals surface area contributed by atoms with Crippen molar-refractivity contribution in [3.8, 4) is 22.3 Å². The van der Waals surface area contributed by atoms with Crippen molar-refractivity contribution in [1.29, 1.82) is 0 Å².